The Balaban J connectivity index is 1.25. The summed E-state index contributed by atoms with van der Waals surface area (Å²) in [4.78, 5) is 36.3. The summed E-state index contributed by atoms with van der Waals surface area (Å²) in [5.74, 6) is 2.26. The number of rotatable bonds is 6. The van der Waals surface area contributed by atoms with Gasteiger partial charge < -0.3 is 10.6 Å². The Labute approximate surface area is 160 Å². The summed E-state index contributed by atoms with van der Waals surface area (Å²) in [6.07, 6.45) is 7.33. The first-order chi connectivity index (χ1) is 12.9. The number of carbonyl (C=O) groups is 3. The summed E-state index contributed by atoms with van der Waals surface area (Å²) in [7, 11) is 0. The summed E-state index contributed by atoms with van der Waals surface area (Å²) >= 11 is 0. The second-order valence-corrected chi connectivity index (χ2v) is 8.89. The molecule has 4 aliphatic carbocycles. The van der Waals surface area contributed by atoms with Gasteiger partial charge in [0.1, 0.15) is 0 Å². The zero-order chi connectivity index (χ0) is 19.0. The van der Waals surface area contributed by atoms with Crippen LogP contribution in [-0.2, 0) is 9.59 Å². The van der Waals surface area contributed by atoms with Crippen molar-refractivity contribution in [2.75, 3.05) is 11.9 Å². The van der Waals surface area contributed by atoms with Gasteiger partial charge in [0, 0.05) is 29.6 Å². The van der Waals surface area contributed by atoms with Crippen molar-refractivity contribution in [3.05, 3.63) is 29.8 Å². The van der Waals surface area contributed by atoms with Crippen LogP contribution in [0, 0.1) is 23.2 Å². The van der Waals surface area contributed by atoms with Crippen molar-refractivity contribution in [1.82, 2.24) is 5.32 Å². The second-order valence-electron chi connectivity index (χ2n) is 8.89. The van der Waals surface area contributed by atoms with Gasteiger partial charge in [-0.3, -0.25) is 14.4 Å². The van der Waals surface area contributed by atoms with Gasteiger partial charge in [0.2, 0.25) is 11.8 Å². The molecule has 5 rings (SSSR count). The van der Waals surface area contributed by atoms with Crippen LogP contribution in [0.15, 0.2) is 24.3 Å². The van der Waals surface area contributed by atoms with E-state index in [2.05, 4.69) is 10.6 Å². The van der Waals surface area contributed by atoms with E-state index in [4.69, 9.17) is 0 Å². The van der Waals surface area contributed by atoms with Crippen LogP contribution >= 0.6 is 0 Å². The Bertz CT molecular complexity index is 718. The van der Waals surface area contributed by atoms with Crippen LogP contribution in [0.4, 0.5) is 5.69 Å². The molecule has 5 heteroatoms. The van der Waals surface area contributed by atoms with Crippen LogP contribution in [0.2, 0.25) is 0 Å². The predicted octanol–water partition coefficient (Wildman–Crippen LogP) is 3.55. The Hall–Kier alpha value is -2.17. The molecular weight excluding hydrogens is 340 g/mol. The van der Waals surface area contributed by atoms with Crippen LogP contribution < -0.4 is 10.6 Å². The molecule has 0 heterocycles. The van der Waals surface area contributed by atoms with Crippen LogP contribution in [-0.4, -0.2) is 24.1 Å². The Morgan fingerprint density at radius 2 is 1.52 bits per heavy atom. The number of amides is 2. The third-order valence-corrected chi connectivity index (χ3v) is 6.73. The molecule has 0 aromatic heterocycles. The second kappa shape index (κ2) is 7.10. The monoisotopic (exact) mass is 368 g/mol. The zero-order valence-corrected chi connectivity index (χ0v) is 15.9. The highest BCUT2D eigenvalue weighted by Gasteiger charge is 2.54. The van der Waals surface area contributed by atoms with Crippen molar-refractivity contribution < 1.29 is 14.4 Å². The number of benzene rings is 1. The number of hydrogen-bond donors (Lipinski definition) is 2. The van der Waals surface area contributed by atoms with E-state index in [-0.39, 0.29) is 29.4 Å². The minimum atomic E-state index is -0.159. The van der Waals surface area contributed by atoms with E-state index in [0.717, 1.165) is 37.0 Å². The molecule has 144 valence electrons. The first kappa shape index (κ1) is 18.2. The first-order valence-electron chi connectivity index (χ1n) is 10.1. The van der Waals surface area contributed by atoms with Gasteiger partial charge in [-0.25, -0.2) is 0 Å². The maximum absolute atomic E-state index is 12.9. The fourth-order valence-electron chi connectivity index (χ4n) is 5.88. The standard InChI is InChI=1S/C22H28N2O3/c1-14(25)18-2-4-19(5-3-18)24-20(26)6-7-23-21(27)22-11-15-8-16(12-22)10-17(9-15)13-22/h2-5,15-17H,6-13H2,1H3,(H,23,27)(H,24,26). The molecular formula is C22H28N2O3. The lowest BCUT2D eigenvalue weighted by molar-refractivity contribution is -0.146. The van der Waals surface area contributed by atoms with Gasteiger partial charge in [-0.2, -0.15) is 0 Å². The first-order valence-corrected chi connectivity index (χ1v) is 10.1. The molecule has 0 aliphatic heterocycles. The molecule has 4 bridgehead atoms. The minimum absolute atomic E-state index is 0.000246. The number of ketones is 1. The molecule has 1 aromatic rings. The largest absolute Gasteiger partial charge is 0.355 e. The summed E-state index contributed by atoms with van der Waals surface area (Å²) in [5, 5.41) is 5.85. The maximum Gasteiger partial charge on any atom is 0.226 e. The molecule has 27 heavy (non-hydrogen) atoms. The van der Waals surface area contributed by atoms with Gasteiger partial charge in [-0.05, 0) is 87.5 Å². The van der Waals surface area contributed by atoms with Gasteiger partial charge in [0.05, 0.1) is 0 Å². The highest BCUT2D eigenvalue weighted by molar-refractivity contribution is 5.95. The number of carbonyl (C=O) groups excluding carboxylic acids is 3. The third kappa shape index (κ3) is 3.78. The van der Waals surface area contributed by atoms with Crippen molar-refractivity contribution in [1.29, 1.82) is 0 Å². The van der Waals surface area contributed by atoms with E-state index in [1.54, 1.807) is 24.3 Å². The molecule has 0 spiro atoms. The molecule has 5 nitrogen and oxygen atoms in total. The molecule has 4 aliphatic rings. The molecule has 4 saturated carbocycles. The number of anilines is 1. The number of Topliss-reactive ketones (excluding diaryl/α,β-unsaturated/α-hetero) is 1. The molecule has 0 saturated heterocycles. The lowest BCUT2D eigenvalue weighted by atomic mass is 9.49. The quantitative estimate of drug-likeness (QED) is 0.754. The molecule has 4 fully saturated rings. The van der Waals surface area contributed by atoms with Crippen LogP contribution in [0.25, 0.3) is 0 Å². The minimum Gasteiger partial charge on any atom is -0.355 e. The number of hydrogen-bond acceptors (Lipinski definition) is 3. The van der Waals surface area contributed by atoms with Crippen molar-refractivity contribution in [2.45, 2.75) is 51.9 Å². The van der Waals surface area contributed by atoms with Gasteiger partial charge >= 0.3 is 0 Å². The maximum atomic E-state index is 12.9. The van der Waals surface area contributed by atoms with Crippen LogP contribution in [0.1, 0.15) is 62.2 Å². The van der Waals surface area contributed by atoms with E-state index in [1.165, 1.54) is 26.2 Å². The molecule has 2 amide bonds. The third-order valence-electron chi connectivity index (χ3n) is 6.73. The topological polar surface area (TPSA) is 75.3 Å². The van der Waals surface area contributed by atoms with Crippen molar-refractivity contribution in [3.8, 4) is 0 Å². The predicted molar refractivity (Wildman–Crippen MR) is 103 cm³/mol. The fourth-order valence-corrected chi connectivity index (χ4v) is 5.88. The van der Waals surface area contributed by atoms with Gasteiger partial charge in [0.15, 0.2) is 5.78 Å². The average molecular weight is 368 g/mol. The zero-order valence-electron chi connectivity index (χ0n) is 15.9. The Morgan fingerprint density at radius 3 is 2.04 bits per heavy atom. The van der Waals surface area contributed by atoms with Crippen LogP contribution in [0.5, 0.6) is 0 Å². The molecule has 2 N–H and O–H groups in total. The van der Waals surface area contributed by atoms with Gasteiger partial charge in [-0.15, -0.1) is 0 Å². The summed E-state index contributed by atoms with van der Waals surface area (Å²) < 4.78 is 0. The SMILES string of the molecule is CC(=O)c1ccc(NC(=O)CCNC(=O)C23CC4CC(CC(C4)C2)C3)cc1. The average Bonchev–Trinajstić information content (AvgIpc) is 2.61. The summed E-state index contributed by atoms with van der Waals surface area (Å²) in [6, 6.07) is 6.85. The molecule has 0 unspecified atom stereocenters. The van der Waals surface area contributed by atoms with E-state index < -0.39 is 0 Å². The van der Waals surface area contributed by atoms with E-state index in [9.17, 15) is 14.4 Å². The molecule has 0 atom stereocenters. The van der Waals surface area contributed by atoms with Crippen LogP contribution in [0.3, 0.4) is 0 Å². The Morgan fingerprint density at radius 1 is 0.963 bits per heavy atom. The molecule has 1 aromatic carbocycles. The highest BCUT2D eigenvalue weighted by atomic mass is 16.2. The summed E-state index contributed by atoms with van der Waals surface area (Å²) in [6.45, 7) is 1.89. The smallest absolute Gasteiger partial charge is 0.226 e. The number of nitrogens with one attached hydrogen (secondary N) is 2. The summed E-state index contributed by atoms with van der Waals surface area (Å²) in [5.41, 5.74) is 1.13. The van der Waals surface area contributed by atoms with E-state index >= 15 is 0 Å². The van der Waals surface area contributed by atoms with E-state index in [1.807, 2.05) is 0 Å². The Kier molecular flexibility index (Phi) is 4.79. The lowest BCUT2D eigenvalue weighted by Crippen LogP contribution is -2.53. The van der Waals surface area contributed by atoms with E-state index in [0.29, 0.717) is 17.8 Å². The highest BCUT2D eigenvalue weighted by Crippen LogP contribution is 2.60. The van der Waals surface area contributed by atoms with Gasteiger partial charge in [0.25, 0.3) is 0 Å². The lowest BCUT2D eigenvalue weighted by Gasteiger charge is -2.55. The van der Waals surface area contributed by atoms with Crippen molar-refractivity contribution >= 4 is 23.3 Å². The fraction of sp³-hybridized carbons (Fsp3) is 0.591. The van der Waals surface area contributed by atoms with Crippen molar-refractivity contribution in [2.24, 2.45) is 23.2 Å². The normalized spacial score (nSPS) is 30.8. The van der Waals surface area contributed by atoms with Crippen molar-refractivity contribution in [3.63, 3.8) is 0 Å². The van der Waals surface area contributed by atoms with Gasteiger partial charge in [-0.1, -0.05) is 0 Å². The molecule has 0 radical (unpaired) electrons.